The molecule has 2 N–H and O–H groups in total. The monoisotopic (exact) mass is 213 g/mol. The molecular weight excluding hydrogens is 194 g/mol. The molecule has 0 saturated carbocycles. The number of allylic oxidation sites excluding steroid dienone is 4. The molecule has 1 aromatic carbocycles. The second-order valence-electron chi connectivity index (χ2n) is 4.50. The summed E-state index contributed by atoms with van der Waals surface area (Å²) in [5.74, 6) is 0. The zero-order valence-electron chi connectivity index (χ0n) is 10.1. The fourth-order valence-electron chi connectivity index (χ4n) is 2.30. The van der Waals surface area contributed by atoms with Crippen molar-refractivity contribution in [3.8, 4) is 0 Å². The average Bonchev–Trinajstić information content (AvgIpc) is 2.40. The Labute approximate surface area is 97.7 Å². The summed E-state index contributed by atoms with van der Waals surface area (Å²) in [7, 11) is 0. The highest BCUT2D eigenvalue weighted by molar-refractivity contribution is 5.39. The Hall–Kier alpha value is -1.50. The van der Waals surface area contributed by atoms with Crippen molar-refractivity contribution in [3.05, 3.63) is 58.3 Å². The second kappa shape index (κ2) is 4.56. The summed E-state index contributed by atoms with van der Waals surface area (Å²) >= 11 is 0. The lowest BCUT2D eigenvalue weighted by molar-refractivity contribution is 0.960. The lowest BCUT2D eigenvalue weighted by Crippen LogP contribution is -2.03. The third-order valence-corrected chi connectivity index (χ3v) is 3.19. The molecule has 0 aromatic heterocycles. The van der Waals surface area contributed by atoms with E-state index in [-0.39, 0.29) is 0 Å². The van der Waals surface area contributed by atoms with Gasteiger partial charge in [0.15, 0.2) is 0 Å². The van der Waals surface area contributed by atoms with Crippen LogP contribution < -0.4 is 5.73 Å². The molecule has 0 amide bonds. The van der Waals surface area contributed by atoms with Crippen LogP contribution in [-0.4, -0.2) is 0 Å². The first-order valence-electron chi connectivity index (χ1n) is 5.89. The third kappa shape index (κ3) is 2.19. The first-order valence-corrected chi connectivity index (χ1v) is 5.89. The highest BCUT2D eigenvalue weighted by Gasteiger charge is 2.12. The SMILES string of the molecule is C/C=C\C1=C(N)Cc2ccc(C)cc2CC1. The minimum absolute atomic E-state index is 0.898. The maximum Gasteiger partial charge on any atom is 0.0158 e. The minimum atomic E-state index is 0.898. The summed E-state index contributed by atoms with van der Waals surface area (Å²) in [5, 5.41) is 0. The Morgan fingerprint density at radius 1 is 1.19 bits per heavy atom. The van der Waals surface area contributed by atoms with E-state index in [9.17, 15) is 0 Å². The van der Waals surface area contributed by atoms with Gasteiger partial charge in [0.05, 0.1) is 0 Å². The van der Waals surface area contributed by atoms with Crippen LogP contribution in [0.15, 0.2) is 41.6 Å². The zero-order chi connectivity index (χ0) is 11.5. The molecule has 0 fully saturated rings. The van der Waals surface area contributed by atoms with E-state index in [1.54, 1.807) is 0 Å². The van der Waals surface area contributed by atoms with Crippen LogP contribution in [-0.2, 0) is 12.8 Å². The number of benzene rings is 1. The molecule has 0 heterocycles. The fraction of sp³-hybridized carbons (Fsp3) is 0.333. The summed E-state index contributed by atoms with van der Waals surface area (Å²) in [5.41, 5.74) is 12.7. The first-order chi connectivity index (χ1) is 7.70. The van der Waals surface area contributed by atoms with Gasteiger partial charge >= 0.3 is 0 Å². The standard InChI is InChI=1S/C15H19N/c1-3-4-12-7-8-13-9-11(2)5-6-14(13)10-15(12)16/h3-6,9H,7-8,10,16H2,1-2H3/b4-3-. The van der Waals surface area contributed by atoms with E-state index >= 15 is 0 Å². The van der Waals surface area contributed by atoms with Gasteiger partial charge in [-0.1, -0.05) is 35.9 Å². The molecule has 0 aliphatic heterocycles. The molecule has 0 bridgehead atoms. The van der Waals surface area contributed by atoms with Crippen LogP contribution in [0.4, 0.5) is 0 Å². The highest BCUT2D eigenvalue weighted by atomic mass is 14.6. The van der Waals surface area contributed by atoms with Crippen LogP contribution in [0.2, 0.25) is 0 Å². The average molecular weight is 213 g/mol. The molecule has 1 heteroatoms. The molecule has 1 aliphatic carbocycles. The Balaban J connectivity index is 2.35. The van der Waals surface area contributed by atoms with E-state index in [0.29, 0.717) is 0 Å². The maximum absolute atomic E-state index is 6.15. The normalized spacial score (nSPS) is 16.4. The number of fused-ring (bicyclic) bond motifs is 1. The molecule has 1 aliphatic rings. The Kier molecular flexibility index (Phi) is 3.14. The largest absolute Gasteiger partial charge is 0.402 e. The van der Waals surface area contributed by atoms with Gasteiger partial charge < -0.3 is 5.73 Å². The van der Waals surface area contributed by atoms with Gasteiger partial charge in [-0.05, 0) is 43.4 Å². The molecule has 16 heavy (non-hydrogen) atoms. The predicted molar refractivity (Wildman–Crippen MR) is 69.2 cm³/mol. The van der Waals surface area contributed by atoms with Crippen molar-refractivity contribution in [1.29, 1.82) is 0 Å². The summed E-state index contributed by atoms with van der Waals surface area (Å²) < 4.78 is 0. The van der Waals surface area contributed by atoms with Crippen molar-refractivity contribution in [2.45, 2.75) is 33.1 Å². The van der Waals surface area contributed by atoms with Crippen molar-refractivity contribution < 1.29 is 0 Å². The molecule has 0 unspecified atom stereocenters. The van der Waals surface area contributed by atoms with Crippen LogP contribution in [0, 0.1) is 6.92 Å². The van der Waals surface area contributed by atoms with Gasteiger partial charge in [0, 0.05) is 12.1 Å². The van der Waals surface area contributed by atoms with E-state index in [2.05, 4.69) is 37.3 Å². The summed E-state index contributed by atoms with van der Waals surface area (Å²) in [6, 6.07) is 6.68. The number of hydrogen-bond donors (Lipinski definition) is 1. The number of aryl methyl sites for hydroxylation is 2. The summed E-state index contributed by atoms with van der Waals surface area (Å²) in [6.45, 7) is 4.19. The van der Waals surface area contributed by atoms with E-state index < -0.39 is 0 Å². The van der Waals surface area contributed by atoms with Gasteiger partial charge in [-0.25, -0.2) is 0 Å². The molecular formula is C15H19N. The maximum atomic E-state index is 6.15. The van der Waals surface area contributed by atoms with Gasteiger partial charge in [0.25, 0.3) is 0 Å². The molecule has 0 saturated heterocycles. The quantitative estimate of drug-likeness (QED) is 0.761. The molecule has 0 spiro atoms. The van der Waals surface area contributed by atoms with Crippen LogP contribution in [0.25, 0.3) is 0 Å². The van der Waals surface area contributed by atoms with Gasteiger partial charge in [0.2, 0.25) is 0 Å². The van der Waals surface area contributed by atoms with Gasteiger partial charge in [-0.3, -0.25) is 0 Å². The Morgan fingerprint density at radius 2 is 2.00 bits per heavy atom. The van der Waals surface area contributed by atoms with Crippen molar-refractivity contribution in [2.24, 2.45) is 5.73 Å². The molecule has 84 valence electrons. The van der Waals surface area contributed by atoms with Crippen molar-refractivity contribution in [2.75, 3.05) is 0 Å². The Morgan fingerprint density at radius 3 is 2.75 bits per heavy atom. The predicted octanol–water partition coefficient (Wildman–Crippen LogP) is 3.27. The van der Waals surface area contributed by atoms with Crippen LogP contribution in [0.1, 0.15) is 30.0 Å². The Bertz CT molecular complexity index is 453. The smallest absolute Gasteiger partial charge is 0.0158 e. The van der Waals surface area contributed by atoms with Crippen LogP contribution in [0.3, 0.4) is 0 Å². The van der Waals surface area contributed by atoms with Crippen molar-refractivity contribution in [1.82, 2.24) is 0 Å². The van der Waals surface area contributed by atoms with E-state index in [0.717, 1.165) is 25.0 Å². The lowest BCUT2D eigenvalue weighted by atomic mass is 10.00. The molecule has 2 rings (SSSR count). The van der Waals surface area contributed by atoms with Gasteiger partial charge in [-0.15, -0.1) is 0 Å². The van der Waals surface area contributed by atoms with Crippen LogP contribution >= 0.6 is 0 Å². The first kappa shape index (κ1) is 11.0. The zero-order valence-corrected chi connectivity index (χ0v) is 10.1. The molecule has 1 nitrogen and oxygen atoms in total. The summed E-state index contributed by atoms with van der Waals surface area (Å²) in [4.78, 5) is 0. The molecule has 0 atom stereocenters. The second-order valence-corrected chi connectivity index (χ2v) is 4.50. The minimum Gasteiger partial charge on any atom is -0.402 e. The van der Waals surface area contributed by atoms with Gasteiger partial charge in [0.1, 0.15) is 0 Å². The topological polar surface area (TPSA) is 26.0 Å². The highest BCUT2D eigenvalue weighted by Crippen LogP contribution is 2.24. The number of rotatable bonds is 1. The van der Waals surface area contributed by atoms with Crippen molar-refractivity contribution >= 4 is 0 Å². The fourth-order valence-corrected chi connectivity index (χ4v) is 2.30. The lowest BCUT2D eigenvalue weighted by Gasteiger charge is -2.06. The number of nitrogens with two attached hydrogens (primary N) is 1. The van der Waals surface area contributed by atoms with E-state index in [4.69, 9.17) is 5.73 Å². The molecule has 1 aromatic rings. The van der Waals surface area contributed by atoms with E-state index in [1.807, 2.05) is 6.92 Å². The van der Waals surface area contributed by atoms with Gasteiger partial charge in [-0.2, -0.15) is 0 Å². The third-order valence-electron chi connectivity index (χ3n) is 3.19. The number of hydrogen-bond acceptors (Lipinski definition) is 1. The van der Waals surface area contributed by atoms with Crippen molar-refractivity contribution in [3.63, 3.8) is 0 Å². The van der Waals surface area contributed by atoms with Crippen LogP contribution in [0.5, 0.6) is 0 Å². The summed E-state index contributed by atoms with van der Waals surface area (Å²) in [6.07, 6.45) is 7.29. The van der Waals surface area contributed by atoms with E-state index in [1.165, 1.54) is 22.3 Å². The molecule has 0 radical (unpaired) electrons.